The number of piperidine rings is 2. The fourth-order valence-electron chi connectivity index (χ4n) is 4.01. The number of benzene rings is 1. The summed E-state index contributed by atoms with van der Waals surface area (Å²) in [5.74, 6) is 2.05. The van der Waals surface area contributed by atoms with E-state index in [0.29, 0.717) is 5.91 Å². The number of ether oxygens (including phenoxy) is 2. The lowest BCUT2D eigenvalue weighted by Gasteiger charge is -2.36. The smallest absolute Gasteiger partial charge is 0.226 e. The van der Waals surface area contributed by atoms with Crippen LogP contribution in [0.5, 0.6) is 11.5 Å². The van der Waals surface area contributed by atoms with E-state index in [2.05, 4.69) is 15.9 Å². The van der Waals surface area contributed by atoms with Gasteiger partial charge in [-0.2, -0.15) is 0 Å². The molecule has 0 aromatic heterocycles. The molecule has 1 aromatic carbocycles. The quantitative estimate of drug-likeness (QED) is 0.822. The normalized spacial score (nSPS) is 21.8. The Kier molecular flexibility index (Phi) is 6.19. The van der Waals surface area contributed by atoms with Crippen molar-refractivity contribution >= 4 is 5.91 Å². The van der Waals surface area contributed by atoms with Crippen molar-refractivity contribution in [1.82, 2.24) is 9.80 Å². The third-order valence-electron chi connectivity index (χ3n) is 5.38. The van der Waals surface area contributed by atoms with E-state index in [1.165, 1.54) is 12.0 Å². The van der Waals surface area contributed by atoms with Crippen LogP contribution in [-0.4, -0.2) is 56.1 Å². The molecule has 5 heteroatoms. The first kappa shape index (κ1) is 18.1. The number of hydrogen-bond donors (Lipinski definition) is 0. The van der Waals surface area contributed by atoms with E-state index in [0.717, 1.165) is 69.9 Å². The lowest BCUT2D eigenvalue weighted by atomic mass is 9.95. The summed E-state index contributed by atoms with van der Waals surface area (Å²) in [4.78, 5) is 17.3. The van der Waals surface area contributed by atoms with E-state index in [1.54, 1.807) is 14.2 Å². The lowest BCUT2D eigenvalue weighted by Crippen LogP contribution is -2.46. The molecule has 1 atom stereocenters. The zero-order chi connectivity index (χ0) is 17.6. The van der Waals surface area contributed by atoms with Crippen LogP contribution in [0, 0.1) is 5.92 Å². The molecule has 2 heterocycles. The van der Waals surface area contributed by atoms with Crippen molar-refractivity contribution in [2.75, 3.05) is 40.4 Å². The Labute approximate surface area is 150 Å². The van der Waals surface area contributed by atoms with Crippen LogP contribution in [0.15, 0.2) is 18.2 Å². The number of amides is 1. The standard InChI is InChI=1S/C20H30N2O3/c1-24-18-9-8-16(13-19(18)25-2)14-21-10-6-7-17(15-21)20(23)22-11-4-3-5-12-22/h8-9,13,17H,3-7,10-12,14-15H2,1-2H3/t17-/m0/s1. The van der Waals surface area contributed by atoms with Gasteiger partial charge in [0.1, 0.15) is 0 Å². The molecular formula is C20H30N2O3. The minimum absolute atomic E-state index is 0.159. The molecule has 25 heavy (non-hydrogen) atoms. The Hall–Kier alpha value is -1.75. The molecular weight excluding hydrogens is 316 g/mol. The van der Waals surface area contributed by atoms with E-state index in [4.69, 9.17) is 9.47 Å². The molecule has 3 rings (SSSR count). The number of carbonyl (C=O) groups excluding carboxylic acids is 1. The topological polar surface area (TPSA) is 42.0 Å². The van der Waals surface area contributed by atoms with Crippen LogP contribution in [0.25, 0.3) is 0 Å². The van der Waals surface area contributed by atoms with Gasteiger partial charge in [0.25, 0.3) is 0 Å². The van der Waals surface area contributed by atoms with Crippen molar-refractivity contribution in [2.24, 2.45) is 5.92 Å². The van der Waals surface area contributed by atoms with Gasteiger partial charge < -0.3 is 14.4 Å². The van der Waals surface area contributed by atoms with Gasteiger partial charge in [-0.1, -0.05) is 6.07 Å². The Morgan fingerprint density at radius 2 is 1.80 bits per heavy atom. The predicted molar refractivity (Wildman–Crippen MR) is 98.0 cm³/mol. The van der Waals surface area contributed by atoms with Gasteiger partial charge >= 0.3 is 0 Å². The van der Waals surface area contributed by atoms with Gasteiger partial charge in [-0.25, -0.2) is 0 Å². The van der Waals surface area contributed by atoms with Crippen LogP contribution < -0.4 is 9.47 Å². The van der Waals surface area contributed by atoms with Gasteiger partial charge in [0.2, 0.25) is 5.91 Å². The first-order chi connectivity index (χ1) is 12.2. The minimum Gasteiger partial charge on any atom is -0.493 e. The third kappa shape index (κ3) is 4.46. The summed E-state index contributed by atoms with van der Waals surface area (Å²) in [7, 11) is 3.31. The summed E-state index contributed by atoms with van der Waals surface area (Å²) >= 11 is 0. The number of carbonyl (C=O) groups is 1. The summed E-state index contributed by atoms with van der Waals surface area (Å²) in [5, 5.41) is 0. The van der Waals surface area contributed by atoms with Crippen LogP contribution in [0.3, 0.4) is 0 Å². The van der Waals surface area contributed by atoms with Gasteiger partial charge in [-0.05, 0) is 56.3 Å². The van der Waals surface area contributed by atoms with Crippen LogP contribution in [0.1, 0.15) is 37.7 Å². The second-order valence-corrected chi connectivity index (χ2v) is 7.15. The zero-order valence-electron chi connectivity index (χ0n) is 15.5. The molecule has 0 unspecified atom stereocenters. The van der Waals surface area contributed by atoms with Crippen molar-refractivity contribution in [3.63, 3.8) is 0 Å². The first-order valence-electron chi connectivity index (χ1n) is 9.43. The van der Waals surface area contributed by atoms with Crippen LogP contribution in [0.4, 0.5) is 0 Å². The average Bonchev–Trinajstić information content (AvgIpc) is 2.68. The highest BCUT2D eigenvalue weighted by atomic mass is 16.5. The fraction of sp³-hybridized carbons (Fsp3) is 0.650. The number of rotatable bonds is 5. The van der Waals surface area contributed by atoms with Crippen molar-refractivity contribution in [3.8, 4) is 11.5 Å². The van der Waals surface area contributed by atoms with Crippen LogP contribution in [0.2, 0.25) is 0 Å². The largest absolute Gasteiger partial charge is 0.493 e. The van der Waals surface area contributed by atoms with Crippen molar-refractivity contribution in [1.29, 1.82) is 0 Å². The molecule has 2 fully saturated rings. The molecule has 5 nitrogen and oxygen atoms in total. The van der Waals surface area contributed by atoms with E-state index < -0.39 is 0 Å². The zero-order valence-corrected chi connectivity index (χ0v) is 15.5. The van der Waals surface area contributed by atoms with Gasteiger partial charge in [0.15, 0.2) is 11.5 Å². The molecule has 0 N–H and O–H groups in total. The number of methoxy groups -OCH3 is 2. The Balaban J connectivity index is 1.60. The Morgan fingerprint density at radius 3 is 2.52 bits per heavy atom. The summed E-state index contributed by atoms with van der Waals surface area (Å²) in [6.07, 6.45) is 5.71. The first-order valence-corrected chi connectivity index (χ1v) is 9.43. The van der Waals surface area contributed by atoms with Crippen molar-refractivity contribution < 1.29 is 14.3 Å². The second kappa shape index (κ2) is 8.56. The average molecular weight is 346 g/mol. The fourth-order valence-corrected chi connectivity index (χ4v) is 4.01. The van der Waals surface area contributed by atoms with Crippen molar-refractivity contribution in [2.45, 2.75) is 38.6 Å². The molecule has 0 saturated carbocycles. The van der Waals surface area contributed by atoms with E-state index in [1.807, 2.05) is 12.1 Å². The van der Waals surface area contributed by atoms with Crippen LogP contribution >= 0.6 is 0 Å². The Morgan fingerprint density at radius 1 is 1.04 bits per heavy atom. The summed E-state index contributed by atoms with van der Waals surface area (Å²) < 4.78 is 10.7. The monoisotopic (exact) mass is 346 g/mol. The van der Waals surface area contributed by atoms with Gasteiger partial charge in [-0.3, -0.25) is 9.69 Å². The molecule has 1 amide bonds. The number of hydrogen-bond acceptors (Lipinski definition) is 4. The highest BCUT2D eigenvalue weighted by Crippen LogP contribution is 2.29. The molecule has 2 aliphatic rings. The molecule has 0 bridgehead atoms. The van der Waals surface area contributed by atoms with E-state index in [-0.39, 0.29) is 5.92 Å². The van der Waals surface area contributed by atoms with Gasteiger partial charge in [-0.15, -0.1) is 0 Å². The molecule has 2 aliphatic heterocycles. The molecule has 138 valence electrons. The SMILES string of the molecule is COc1ccc(CN2CCC[C@H](C(=O)N3CCCCC3)C2)cc1OC. The molecule has 2 saturated heterocycles. The maximum atomic E-state index is 12.8. The summed E-state index contributed by atoms with van der Waals surface area (Å²) in [5.41, 5.74) is 1.20. The maximum absolute atomic E-state index is 12.8. The van der Waals surface area contributed by atoms with Crippen molar-refractivity contribution in [3.05, 3.63) is 23.8 Å². The molecule has 1 aromatic rings. The highest BCUT2D eigenvalue weighted by Gasteiger charge is 2.29. The van der Waals surface area contributed by atoms with Gasteiger partial charge in [0.05, 0.1) is 20.1 Å². The Bertz CT molecular complexity index is 584. The maximum Gasteiger partial charge on any atom is 0.226 e. The number of nitrogens with zero attached hydrogens (tertiary/aromatic N) is 2. The lowest BCUT2D eigenvalue weighted by molar-refractivity contribution is -0.138. The van der Waals surface area contributed by atoms with E-state index in [9.17, 15) is 4.79 Å². The second-order valence-electron chi connectivity index (χ2n) is 7.15. The minimum atomic E-state index is 0.159. The molecule has 0 aliphatic carbocycles. The van der Waals surface area contributed by atoms with Gasteiger partial charge in [0, 0.05) is 26.2 Å². The third-order valence-corrected chi connectivity index (χ3v) is 5.38. The van der Waals surface area contributed by atoms with Crippen LogP contribution in [-0.2, 0) is 11.3 Å². The molecule has 0 radical (unpaired) electrons. The highest BCUT2D eigenvalue weighted by molar-refractivity contribution is 5.79. The molecule has 0 spiro atoms. The predicted octanol–water partition coefficient (Wildman–Crippen LogP) is 2.93. The number of likely N-dealkylation sites (tertiary alicyclic amines) is 2. The van der Waals surface area contributed by atoms with E-state index >= 15 is 0 Å². The summed E-state index contributed by atoms with van der Waals surface area (Å²) in [6.45, 7) is 4.67. The summed E-state index contributed by atoms with van der Waals surface area (Å²) in [6, 6.07) is 6.07.